The van der Waals surface area contributed by atoms with E-state index in [2.05, 4.69) is 14.6 Å². The third-order valence-corrected chi connectivity index (χ3v) is 2.10. The first-order valence-corrected chi connectivity index (χ1v) is 4.65. The molecule has 0 radical (unpaired) electrons. The van der Waals surface area contributed by atoms with E-state index in [9.17, 15) is 13.2 Å². The summed E-state index contributed by atoms with van der Waals surface area (Å²) in [6.07, 6.45) is -5.25. The zero-order chi connectivity index (χ0) is 12.6. The molecule has 1 heterocycles. The Bertz CT molecular complexity index is 553. The Morgan fingerprint density at radius 3 is 2.41 bits per heavy atom. The third kappa shape index (κ3) is 2.50. The van der Waals surface area contributed by atoms with Gasteiger partial charge in [-0.15, -0.1) is 5.10 Å². The predicted octanol–water partition coefficient (Wildman–Crippen LogP) is 3.11. The molecule has 1 aromatic carbocycles. The summed E-state index contributed by atoms with van der Waals surface area (Å²) in [5.41, 5.74) is -0.949. The van der Waals surface area contributed by atoms with Gasteiger partial charge in [0.15, 0.2) is 0 Å². The summed E-state index contributed by atoms with van der Waals surface area (Å²) in [7, 11) is 0. The molecule has 90 valence electrons. The van der Waals surface area contributed by atoms with Crippen molar-refractivity contribution in [2.45, 2.75) is 6.18 Å². The fourth-order valence-corrected chi connectivity index (χ4v) is 1.44. The van der Waals surface area contributed by atoms with E-state index in [-0.39, 0.29) is 16.5 Å². The topological polar surface area (TPSA) is 59.2 Å². The Balaban J connectivity index is 2.52. The first kappa shape index (κ1) is 11.7. The van der Waals surface area contributed by atoms with Gasteiger partial charge in [-0.05, 0) is 18.2 Å². The van der Waals surface area contributed by atoms with E-state index >= 15 is 0 Å². The van der Waals surface area contributed by atoms with Crippen LogP contribution in [0.5, 0.6) is 6.08 Å². The first-order valence-electron chi connectivity index (χ1n) is 4.27. The van der Waals surface area contributed by atoms with Crippen LogP contribution in [0.1, 0.15) is 5.56 Å². The van der Waals surface area contributed by atoms with Gasteiger partial charge in [0.1, 0.15) is 0 Å². The van der Waals surface area contributed by atoms with Crippen molar-refractivity contribution in [1.29, 1.82) is 0 Å². The second kappa shape index (κ2) is 3.92. The number of nitrogens with zero attached hydrogens (tertiary/aromatic N) is 2. The largest absolute Gasteiger partial charge is 0.465 e. The molecule has 17 heavy (non-hydrogen) atoms. The van der Waals surface area contributed by atoms with Gasteiger partial charge in [-0.1, -0.05) is 16.7 Å². The molecule has 0 saturated heterocycles. The van der Waals surface area contributed by atoms with Crippen molar-refractivity contribution >= 4 is 11.6 Å². The van der Waals surface area contributed by atoms with Crippen LogP contribution < -0.4 is 0 Å². The smallest absolute Gasteiger partial charge is 0.416 e. The molecule has 0 aliphatic heterocycles. The normalized spacial score (nSPS) is 11.8. The summed E-state index contributed by atoms with van der Waals surface area (Å²) in [5, 5.41) is 15.2. The van der Waals surface area contributed by atoms with Crippen molar-refractivity contribution in [2.24, 2.45) is 0 Å². The maximum absolute atomic E-state index is 12.5. The average molecular weight is 265 g/mol. The summed E-state index contributed by atoms with van der Waals surface area (Å²) in [5.74, 6) is -0.240. The quantitative estimate of drug-likeness (QED) is 0.860. The van der Waals surface area contributed by atoms with Crippen LogP contribution in [-0.2, 0) is 6.18 Å². The second-order valence-electron chi connectivity index (χ2n) is 3.12. The van der Waals surface area contributed by atoms with Crippen molar-refractivity contribution in [2.75, 3.05) is 0 Å². The van der Waals surface area contributed by atoms with E-state index < -0.39 is 17.8 Å². The maximum Gasteiger partial charge on any atom is 0.416 e. The number of aromatic hydroxyl groups is 1. The molecule has 0 bridgehead atoms. The van der Waals surface area contributed by atoms with E-state index in [1.165, 1.54) is 6.07 Å². The van der Waals surface area contributed by atoms with Crippen LogP contribution in [0, 0.1) is 0 Å². The van der Waals surface area contributed by atoms with Crippen LogP contribution in [0.4, 0.5) is 13.2 Å². The lowest BCUT2D eigenvalue weighted by Gasteiger charge is -2.07. The highest BCUT2D eigenvalue weighted by molar-refractivity contribution is 6.30. The van der Waals surface area contributed by atoms with Crippen LogP contribution in [-0.4, -0.2) is 15.3 Å². The van der Waals surface area contributed by atoms with Crippen molar-refractivity contribution in [3.8, 4) is 17.5 Å². The lowest BCUT2D eigenvalue weighted by atomic mass is 10.1. The van der Waals surface area contributed by atoms with Gasteiger partial charge in [0.05, 0.1) is 5.56 Å². The monoisotopic (exact) mass is 264 g/mol. The number of aromatic nitrogens is 2. The molecule has 2 rings (SSSR count). The molecule has 1 N–H and O–H groups in total. The third-order valence-electron chi connectivity index (χ3n) is 1.89. The second-order valence-corrected chi connectivity index (χ2v) is 3.55. The van der Waals surface area contributed by atoms with Crippen molar-refractivity contribution in [1.82, 2.24) is 10.2 Å². The van der Waals surface area contributed by atoms with E-state index in [4.69, 9.17) is 16.7 Å². The molecule has 0 fully saturated rings. The van der Waals surface area contributed by atoms with Gasteiger partial charge in [-0.3, -0.25) is 0 Å². The van der Waals surface area contributed by atoms with E-state index in [0.29, 0.717) is 0 Å². The standard InChI is InChI=1S/C9H4ClF3N2O2/c10-6-2-4(7-14-15-8(16)17-7)1-5(3-6)9(11,12)13/h1-3H,(H,15,16). The minimum atomic E-state index is -4.53. The minimum absolute atomic E-state index is 0.0161. The lowest BCUT2D eigenvalue weighted by molar-refractivity contribution is -0.137. The minimum Gasteiger partial charge on any atom is -0.465 e. The number of alkyl halides is 3. The molecule has 2 aromatic rings. The summed E-state index contributed by atoms with van der Waals surface area (Å²) in [6.45, 7) is 0. The molecule has 4 nitrogen and oxygen atoms in total. The molecule has 0 aliphatic rings. The summed E-state index contributed by atoms with van der Waals surface area (Å²) >= 11 is 5.56. The van der Waals surface area contributed by atoms with Crippen LogP contribution in [0.25, 0.3) is 11.5 Å². The lowest BCUT2D eigenvalue weighted by Crippen LogP contribution is -2.04. The van der Waals surface area contributed by atoms with Crippen molar-refractivity contribution in [3.63, 3.8) is 0 Å². The zero-order valence-corrected chi connectivity index (χ0v) is 8.75. The number of rotatable bonds is 1. The number of hydrogen-bond acceptors (Lipinski definition) is 4. The molecule has 1 aromatic heterocycles. The number of hydrogen-bond donors (Lipinski definition) is 1. The van der Waals surface area contributed by atoms with E-state index in [0.717, 1.165) is 12.1 Å². The van der Waals surface area contributed by atoms with Gasteiger partial charge in [-0.25, -0.2) is 0 Å². The van der Waals surface area contributed by atoms with Gasteiger partial charge in [0.2, 0.25) is 0 Å². The van der Waals surface area contributed by atoms with Gasteiger partial charge >= 0.3 is 12.3 Å². The van der Waals surface area contributed by atoms with Crippen LogP contribution in [0.2, 0.25) is 5.02 Å². The van der Waals surface area contributed by atoms with Crippen molar-refractivity contribution < 1.29 is 22.7 Å². The molecular formula is C9H4ClF3N2O2. The molecule has 0 atom stereocenters. The Morgan fingerprint density at radius 2 is 1.88 bits per heavy atom. The van der Waals surface area contributed by atoms with Gasteiger partial charge in [-0.2, -0.15) is 13.2 Å². The fraction of sp³-hybridized carbons (Fsp3) is 0.111. The molecule has 0 aliphatic carbocycles. The van der Waals surface area contributed by atoms with Crippen LogP contribution in [0.15, 0.2) is 22.6 Å². The highest BCUT2D eigenvalue weighted by Crippen LogP contribution is 2.34. The number of benzene rings is 1. The predicted molar refractivity (Wildman–Crippen MR) is 51.4 cm³/mol. The van der Waals surface area contributed by atoms with Gasteiger partial charge in [0.25, 0.3) is 5.89 Å². The highest BCUT2D eigenvalue weighted by atomic mass is 35.5. The summed E-state index contributed by atoms with van der Waals surface area (Å²) in [4.78, 5) is 0. The van der Waals surface area contributed by atoms with Crippen LogP contribution >= 0.6 is 11.6 Å². The average Bonchev–Trinajstić information content (AvgIpc) is 2.62. The van der Waals surface area contributed by atoms with Crippen molar-refractivity contribution in [3.05, 3.63) is 28.8 Å². The molecule has 0 unspecified atom stereocenters. The molecule has 0 amide bonds. The highest BCUT2D eigenvalue weighted by Gasteiger charge is 2.31. The summed E-state index contributed by atoms with van der Waals surface area (Å²) < 4.78 is 42.1. The number of halogens is 4. The van der Waals surface area contributed by atoms with Gasteiger partial charge in [0, 0.05) is 10.6 Å². The first-order chi connectivity index (χ1) is 7.86. The van der Waals surface area contributed by atoms with E-state index in [1.807, 2.05) is 0 Å². The summed E-state index contributed by atoms with van der Waals surface area (Å²) in [6, 6.07) is 2.81. The molecule has 0 saturated carbocycles. The maximum atomic E-state index is 12.5. The Labute approximate surface area is 97.6 Å². The SMILES string of the molecule is Oc1nnc(-c2cc(Cl)cc(C(F)(F)F)c2)o1. The Hall–Kier alpha value is -1.76. The molecule has 0 spiro atoms. The Kier molecular flexibility index (Phi) is 2.70. The van der Waals surface area contributed by atoms with E-state index in [1.54, 1.807) is 0 Å². The van der Waals surface area contributed by atoms with Crippen LogP contribution in [0.3, 0.4) is 0 Å². The fourth-order valence-electron chi connectivity index (χ4n) is 1.21. The molecular weight excluding hydrogens is 261 g/mol. The van der Waals surface area contributed by atoms with Gasteiger partial charge < -0.3 is 9.52 Å². The molecule has 8 heteroatoms. The zero-order valence-electron chi connectivity index (χ0n) is 7.99. The Morgan fingerprint density at radius 1 is 1.18 bits per heavy atom.